The van der Waals surface area contributed by atoms with Gasteiger partial charge >= 0.3 is 5.97 Å². The summed E-state index contributed by atoms with van der Waals surface area (Å²) in [4.78, 5) is 25.1. The molecule has 0 saturated heterocycles. The van der Waals surface area contributed by atoms with Gasteiger partial charge in [-0.1, -0.05) is 0 Å². The standard InChI is InChI=1S/C17H20N2O4/c1-3-22-12-8-13-16(10-18,14(20)9-12)6-5-7-17(13,11-19)15(21)23-4-2/h9,13H,3-8H2,1-2H3/t13-,16-,17+/m1/s1. The van der Waals surface area contributed by atoms with Crippen LogP contribution in [0.4, 0.5) is 0 Å². The maximum atomic E-state index is 12.6. The molecule has 0 aromatic rings. The van der Waals surface area contributed by atoms with Gasteiger partial charge in [-0.3, -0.25) is 9.59 Å². The first-order valence-electron chi connectivity index (χ1n) is 7.88. The molecule has 0 radical (unpaired) electrons. The molecule has 0 spiro atoms. The minimum absolute atomic E-state index is 0.149. The van der Waals surface area contributed by atoms with Gasteiger partial charge in [0.05, 0.1) is 31.1 Å². The lowest BCUT2D eigenvalue weighted by Gasteiger charge is -2.47. The van der Waals surface area contributed by atoms with Crippen molar-refractivity contribution in [3.05, 3.63) is 11.8 Å². The van der Waals surface area contributed by atoms with Gasteiger partial charge in [0.2, 0.25) is 0 Å². The average molecular weight is 316 g/mol. The number of carbonyl (C=O) groups is 2. The predicted molar refractivity (Wildman–Crippen MR) is 79.4 cm³/mol. The quantitative estimate of drug-likeness (QED) is 0.737. The van der Waals surface area contributed by atoms with Crippen molar-refractivity contribution in [3.8, 4) is 12.1 Å². The number of ether oxygens (including phenoxy) is 2. The van der Waals surface area contributed by atoms with Gasteiger partial charge in [0, 0.05) is 18.4 Å². The van der Waals surface area contributed by atoms with Crippen LogP contribution in [0.1, 0.15) is 39.5 Å². The molecule has 2 rings (SSSR count). The third-order valence-electron chi connectivity index (χ3n) is 4.84. The Morgan fingerprint density at radius 3 is 2.61 bits per heavy atom. The first kappa shape index (κ1) is 17.0. The Bertz CT molecular complexity index is 627. The molecule has 0 aliphatic heterocycles. The SMILES string of the molecule is CCOC(=O)[C@]1(C#N)CCC[C@]2(C#N)C(=O)C=C(OCC)C[C@@H]12. The minimum atomic E-state index is -1.48. The summed E-state index contributed by atoms with van der Waals surface area (Å²) in [6.07, 6.45) is 2.68. The lowest BCUT2D eigenvalue weighted by Crippen LogP contribution is -2.54. The molecular formula is C17H20N2O4. The molecule has 0 amide bonds. The highest BCUT2D eigenvalue weighted by Gasteiger charge is 2.63. The Balaban J connectivity index is 2.55. The summed E-state index contributed by atoms with van der Waals surface area (Å²) in [6.45, 7) is 3.99. The topological polar surface area (TPSA) is 100 Å². The van der Waals surface area contributed by atoms with E-state index in [1.54, 1.807) is 13.8 Å². The van der Waals surface area contributed by atoms with Crippen molar-refractivity contribution >= 4 is 11.8 Å². The predicted octanol–water partition coefficient (Wildman–Crippen LogP) is 2.26. The Labute approximate surface area is 135 Å². The number of rotatable bonds is 4. The Hall–Kier alpha value is -2.34. The molecule has 23 heavy (non-hydrogen) atoms. The summed E-state index contributed by atoms with van der Waals surface area (Å²) < 4.78 is 10.5. The van der Waals surface area contributed by atoms with Gasteiger partial charge in [0.15, 0.2) is 11.2 Å². The Morgan fingerprint density at radius 2 is 2.04 bits per heavy atom. The lowest BCUT2D eigenvalue weighted by molar-refractivity contribution is -0.162. The number of hydrogen-bond donors (Lipinski definition) is 0. The maximum Gasteiger partial charge on any atom is 0.326 e. The van der Waals surface area contributed by atoms with E-state index in [-0.39, 0.29) is 18.8 Å². The molecule has 3 atom stereocenters. The van der Waals surface area contributed by atoms with E-state index >= 15 is 0 Å². The van der Waals surface area contributed by atoms with Crippen LogP contribution < -0.4 is 0 Å². The van der Waals surface area contributed by atoms with Crippen LogP contribution in [0.25, 0.3) is 0 Å². The van der Waals surface area contributed by atoms with Crippen LogP contribution in [0.5, 0.6) is 0 Å². The molecule has 0 unspecified atom stereocenters. The van der Waals surface area contributed by atoms with Gasteiger partial charge in [0.1, 0.15) is 5.41 Å². The van der Waals surface area contributed by atoms with Crippen molar-refractivity contribution in [1.82, 2.24) is 0 Å². The van der Waals surface area contributed by atoms with Gasteiger partial charge in [-0.05, 0) is 33.1 Å². The van der Waals surface area contributed by atoms with Crippen LogP contribution in [0.15, 0.2) is 11.8 Å². The second-order valence-corrected chi connectivity index (χ2v) is 5.90. The zero-order valence-electron chi connectivity index (χ0n) is 13.4. The van der Waals surface area contributed by atoms with E-state index in [0.29, 0.717) is 31.6 Å². The van der Waals surface area contributed by atoms with Crippen LogP contribution in [0.2, 0.25) is 0 Å². The molecule has 122 valence electrons. The van der Waals surface area contributed by atoms with Crippen LogP contribution in [-0.2, 0) is 19.1 Å². The fourth-order valence-electron chi connectivity index (χ4n) is 3.75. The molecule has 1 saturated carbocycles. The van der Waals surface area contributed by atoms with Crippen molar-refractivity contribution < 1.29 is 19.1 Å². The van der Waals surface area contributed by atoms with Gasteiger partial charge in [-0.15, -0.1) is 0 Å². The van der Waals surface area contributed by atoms with Crippen molar-refractivity contribution in [1.29, 1.82) is 10.5 Å². The molecule has 0 N–H and O–H groups in total. The van der Waals surface area contributed by atoms with E-state index in [4.69, 9.17) is 9.47 Å². The monoisotopic (exact) mass is 316 g/mol. The highest BCUT2D eigenvalue weighted by Crippen LogP contribution is 2.56. The largest absolute Gasteiger partial charge is 0.498 e. The summed E-state index contributed by atoms with van der Waals surface area (Å²) in [6, 6.07) is 4.19. The number of allylic oxidation sites excluding steroid dienone is 2. The van der Waals surface area contributed by atoms with E-state index in [0.717, 1.165) is 0 Å². The van der Waals surface area contributed by atoms with E-state index in [1.807, 2.05) is 0 Å². The van der Waals surface area contributed by atoms with E-state index in [2.05, 4.69) is 12.1 Å². The number of nitrogens with zero attached hydrogens (tertiary/aromatic N) is 2. The maximum absolute atomic E-state index is 12.6. The third-order valence-corrected chi connectivity index (χ3v) is 4.84. The fraction of sp³-hybridized carbons (Fsp3) is 0.647. The molecule has 6 nitrogen and oxygen atoms in total. The Morgan fingerprint density at radius 1 is 1.30 bits per heavy atom. The van der Waals surface area contributed by atoms with Crippen LogP contribution in [0, 0.1) is 39.4 Å². The van der Waals surface area contributed by atoms with Crippen LogP contribution in [0.3, 0.4) is 0 Å². The van der Waals surface area contributed by atoms with E-state index in [9.17, 15) is 20.1 Å². The van der Waals surface area contributed by atoms with Crippen molar-refractivity contribution in [2.75, 3.05) is 13.2 Å². The fourth-order valence-corrected chi connectivity index (χ4v) is 3.75. The van der Waals surface area contributed by atoms with Crippen molar-refractivity contribution in [2.24, 2.45) is 16.7 Å². The lowest BCUT2D eigenvalue weighted by atomic mass is 9.51. The van der Waals surface area contributed by atoms with Gasteiger partial charge in [-0.25, -0.2) is 0 Å². The summed E-state index contributed by atoms with van der Waals surface area (Å²) in [5, 5.41) is 19.5. The summed E-state index contributed by atoms with van der Waals surface area (Å²) >= 11 is 0. The van der Waals surface area contributed by atoms with E-state index in [1.165, 1.54) is 6.08 Å². The van der Waals surface area contributed by atoms with Gasteiger partial charge < -0.3 is 9.47 Å². The summed E-state index contributed by atoms with van der Waals surface area (Å²) in [5.41, 5.74) is -2.82. The Kier molecular flexibility index (Phi) is 4.75. The smallest absolute Gasteiger partial charge is 0.326 e. The third kappa shape index (κ3) is 2.49. The number of ketones is 1. The normalized spacial score (nSPS) is 32.8. The van der Waals surface area contributed by atoms with Crippen molar-refractivity contribution in [2.45, 2.75) is 39.5 Å². The number of fused-ring (bicyclic) bond motifs is 1. The molecule has 6 heteroatoms. The summed E-state index contributed by atoms with van der Waals surface area (Å²) in [5.74, 6) is -1.32. The molecule has 0 bridgehead atoms. The number of carbonyl (C=O) groups excluding carboxylic acids is 2. The molecular weight excluding hydrogens is 296 g/mol. The highest BCUT2D eigenvalue weighted by molar-refractivity contribution is 5.99. The number of esters is 1. The highest BCUT2D eigenvalue weighted by atomic mass is 16.5. The molecule has 2 aliphatic rings. The summed E-state index contributed by atoms with van der Waals surface area (Å²) in [7, 11) is 0. The van der Waals surface area contributed by atoms with Gasteiger partial charge in [0.25, 0.3) is 0 Å². The molecule has 0 aromatic heterocycles. The van der Waals surface area contributed by atoms with Crippen LogP contribution in [-0.4, -0.2) is 25.0 Å². The molecule has 1 fully saturated rings. The molecule has 2 aliphatic carbocycles. The first-order chi connectivity index (χ1) is 11.0. The average Bonchev–Trinajstić information content (AvgIpc) is 2.55. The van der Waals surface area contributed by atoms with Crippen molar-refractivity contribution in [3.63, 3.8) is 0 Å². The second kappa shape index (κ2) is 6.42. The molecule has 0 aromatic carbocycles. The van der Waals surface area contributed by atoms with E-state index < -0.39 is 22.7 Å². The number of hydrogen-bond acceptors (Lipinski definition) is 6. The van der Waals surface area contributed by atoms with Gasteiger partial charge in [-0.2, -0.15) is 10.5 Å². The second-order valence-electron chi connectivity index (χ2n) is 5.90. The number of nitriles is 2. The zero-order chi connectivity index (χ0) is 17.1. The van der Waals surface area contributed by atoms with Crippen LogP contribution >= 0.6 is 0 Å². The zero-order valence-corrected chi connectivity index (χ0v) is 13.4. The molecule has 0 heterocycles. The first-order valence-corrected chi connectivity index (χ1v) is 7.88. The minimum Gasteiger partial charge on any atom is -0.498 e.